The molecule has 39 heavy (non-hydrogen) atoms. The van der Waals surface area contributed by atoms with E-state index in [1.165, 1.54) is 18.8 Å². The lowest BCUT2D eigenvalue weighted by atomic mass is 9.87. The molecule has 1 aliphatic carbocycles. The average molecular weight is 541 g/mol. The monoisotopic (exact) mass is 540 g/mol. The molecule has 10 nitrogen and oxygen atoms in total. The van der Waals surface area contributed by atoms with E-state index in [4.69, 9.17) is 9.15 Å². The number of nitrogens with zero attached hydrogens (tertiary/aromatic N) is 5. The number of hydrogen-bond acceptors (Lipinski definition) is 8. The summed E-state index contributed by atoms with van der Waals surface area (Å²) in [6.07, 6.45) is 6.02. The fourth-order valence-electron chi connectivity index (χ4n) is 5.16. The molecule has 3 aromatic rings. The summed E-state index contributed by atoms with van der Waals surface area (Å²) in [6, 6.07) is 2.44. The first-order chi connectivity index (χ1) is 18.6. The summed E-state index contributed by atoms with van der Waals surface area (Å²) in [5.74, 6) is -1.08. The predicted molar refractivity (Wildman–Crippen MR) is 136 cm³/mol. The van der Waals surface area contributed by atoms with E-state index in [1.54, 1.807) is 6.92 Å². The van der Waals surface area contributed by atoms with Crippen molar-refractivity contribution >= 4 is 17.6 Å². The number of amides is 2. The Morgan fingerprint density at radius 2 is 2.00 bits per heavy atom. The van der Waals surface area contributed by atoms with Gasteiger partial charge in [-0.15, -0.1) is 0 Å². The minimum absolute atomic E-state index is 0.00778. The van der Waals surface area contributed by atoms with E-state index >= 15 is 0 Å². The van der Waals surface area contributed by atoms with Crippen LogP contribution in [0.4, 0.5) is 14.6 Å². The zero-order valence-corrected chi connectivity index (χ0v) is 22.0. The van der Waals surface area contributed by atoms with Crippen LogP contribution in [0.15, 0.2) is 41.4 Å². The van der Waals surface area contributed by atoms with Gasteiger partial charge in [-0.1, -0.05) is 0 Å². The number of carbonyl (C=O) groups is 2. The SMILES string of the molecule is C[C@@H](C(=O)Nc1cnc(Oc2ccc(F)cc2F)cn1)N1CCN(C(=O)C2CCc3ncoc3C2)C(C)(C)C1. The van der Waals surface area contributed by atoms with Gasteiger partial charge >= 0.3 is 0 Å². The van der Waals surface area contributed by atoms with Gasteiger partial charge in [-0.25, -0.2) is 23.7 Å². The fourth-order valence-corrected chi connectivity index (χ4v) is 5.16. The van der Waals surface area contributed by atoms with Gasteiger partial charge in [0.05, 0.1) is 29.7 Å². The first-order valence-electron chi connectivity index (χ1n) is 12.8. The lowest BCUT2D eigenvalue weighted by Crippen LogP contribution is -2.64. The summed E-state index contributed by atoms with van der Waals surface area (Å²) in [7, 11) is 0. The molecule has 0 saturated carbocycles. The van der Waals surface area contributed by atoms with Crippen LogP contribution >= 0.6 is 0 Å². The number of hydrogen-bond donors (Lipinski definition) is 1. The molecule has 0 bridgehead atoms. The first kappa shape index (κ1) is 26.7. The molecule has 1 N–H and O–H groups in total. The minimum atomic E-state index is -0.865. The Kier molecular flexibility index (Phi) is 7.30. The van der Waals surface area contributed by atoms with Crippen molar-refractivity contribution in [1.29, 1.82) is 0 Å². The number of oxazole rings is 1. The van der Waals surface area contributed by atoms with Crippen molar-refractivity contribution in [3.63, 3.8) is 0 Å². The normalized spacial score (nSPS) is 19.7. The van der Waals surface area contributed by atoms with Gasteiger partial charge in [0, 0.05) is 38.0 Å². The number of halogens is 2. The molecule has 0 spiro atoms. The highest BCUT2D eigenvalue weighted by Crippen LogP contribution is 2.31. The van der Waals surface area contributed by atoms with E-state index in [2.05, 4.69) is 20.3 Å². The lowest BCUT2D eigenvalue weighted by molar-refractivity contribution is -0.146. The standard InChI is InChI=1S/C27H30F2N6O4/c1-16(25(36)33-23-12-31-24(13-30-23)39-21-7-5-18(28)11-19(21)29)34-8-9-35(27(2,3)14-34)26(37)17-4-6-20-22(10-17)38-15-32-20/h5,7,11-13,15-17H,4,6,8-10,14H2,1-3H3,(H,30,33,36)/t16-,17?/m0/s1. The molecular weight excluding hydrogens is 510 g/mol. The minimum Gasteiger partial charge on any atom is -0.448 e. The molecule has 1 fully saturated rings. The molecule has 206 valence electrons. The zero-order chi connectivity index (χ0) is 27.7. The number of anilines is 1. The Bertz CT molecular complexity index is 1360. The lowest BCUT2D eigenvalue weighted by Gasteiger charge is -2.49. The summed E-state index contributed by atoms with van der Waals surface area (Å²) in [6.45, 7) is 7.41. The molecule has 2 atom stereocenters. The van der Waals surface area contributed by atoms with Crippen LogP contribution in [0.1, 0.15) is 38.6 Å². The summed E-state index contributed by atoms with van der Waals surface area (Å²) in [5.41, 5.74) is 0.469. The Labute approximate surface area is 224 Å². The summed E-state index contributed by atoms with van der Waals surface area (Å²) < 4.78 is 37.7. The van der Waals surface area contributed by atoms with E-state index in [1.807, 2.05) is 23.6 Å². The van der Waals surface area contributed by atoms with E-state index in [9.17, 15) is 18.4 Å². The van der Waals surface area contributed by atoms with Crippen molar-refractivity contribution in [3.8, 4) is 11.6 Å². The van der Waals surface area contributed by atoms with Crippen LogP contribution in [0.5, 0.6) is 11.6 Å². The quantitative estimate of drug-likeness (QED) is 0.505. The Morgan fingerprint density at radius 1 is 1.18 bits per heavy atom. The van der Waals surface area contributed by atoms with Gasteiger partial charge in [0.15, 0.2) is 23.8 Å². The highest BCUT2D eigenvalue weighted by molar-refractivity contribution is 5.93. The number of fused-ring (bicyclic) bond motifs is 1. The van der Waals surface area contributed by atoms with Crippen molar-refractivity contribution in [1.82, 2.24) is 24.8 Å². The third-order valence-corrected chi connectivity index (χ3v) is 7.35. The van der Waals surface area contributed by atoms with Crippen molar-refractivity contribution in [2.24, 2.45) is 5.92 Å². The maximum Gasteiger partial charge on any atom is 0.242 e. The molecule has 2 amide bonds. The fraction of sp³-hybridized carbons (Fsp3) is 0.444. The number of carbonyl (C=O) groups excluding carboxylic acids is 2. The number of nitrogens with one attached hydrogen (secondary N) is 1. The van der Waals surface area contributed by atoms with Gasteiger partial charge in [0.25, 0.3) is 0 Å². The molecule has 0 radical (unpaired) electrons. The number of aryl methyl sites for hydroxylation is 1. The van der Waals surface area contributed by atoms with Crippen LogP contribution in [0.3, 0.4) is 0 Å². The Morgan fingerprint density at radius 3 is 2.72 bits per heavy atom. The molecule has 2 aliphatic rings. The summed E-state index contributed by atoms with van der Waals surface area (Å²) in [4.78, 5) is 42.8. The predicted octanol–water partition coefficient (Wildman–Crippen LogP) is 3.59. The third-order valence-electron chi connectivity index (χ3n) is 7.35. The largest absolute Gasteiger partial charge is 0.448 e. The second kappa shape index (κ2) is 10.7. The highest BCUT2D eigenvalue weighted by atomic mass is 19.1. The number of ether oxygens (including phenoxy) is 1. The Balaban J connectivity index is 1.16. The van der Waals surface area contributed by atoms with Crippen LogP contribution in [0.25, 0.3) is 0 Å². The number of piperazine rings is 1. The Hall–Kier alpha value is -3.93. The number of rotatable bonds is 6. The maximum absolute atomic E-state index is 13.8. The van der Waals surface area contributed by atoms with Gasteiger partial charge in [-0.3, -0.25) is 14.5 Å². The van der Waals surface area contributed by atoms with Gasteiger partial charge in [-0.05, 0) is 45.7 Å². The molecule has 3 heterocycles. The summed E-state index contributed by atoms with van der Waals surface area (Å²) in [5, 5.41) is 2.74. The van der Waals surface area contributed by atoms with Crippen LogP contribution in [0, 0.1) is 17.6 Å². The number of benzene rings is 1. The van der Waals surface area contributed by atoms with Crippen molar-refractivity contribution in [2.45, 2.75) is 51.6 Å². The van der Waals surface area contributed by atoms with E-state index in [-0.39, 0.29) is 35.2 Å². The van der Waals surface area contributed by atoms with Gasteiger partial charge in [-0.2, -0.15) is 0 Å². The van der Waals surface area contributed by atoms with Gasteiger partial charge < -0.3 is 19.4 Å². The third kappa shape index (κ3) is 5.75. The molecule has 1 aromatic carbocycles. The van der Waals surface area contributed by atoms with Crippen molar-refractivity contribution in [2.75, 3.05) is 25.0 Å². The van der Waals surface area contributed by atoms with E-state index in [0.717, 1.165) is 36.4 Å². The highest BCUT2D eigenvalue weighted by Gasteiger charge is 2.42. The zero-order valence-electron chi connectivity index (χ0n) is 22.0. The van der Waals surface area contributed by atoms with Crippen LogP contribution < -0.4 is 10.1 Å². The van der Waals surface area contributed by atoms with Crippen molar-refractivity contribution < 1.29 is 27.5 Å². The van der Waals surface area contributed by atoms with Gasteiger partial charge in [0.2, 0.25) is 17.7 Å². The van der Waals surface area contributed by atoms with E-state index in [0.29, 0.717) is 32.1 Å². The molecule has 1 saturated heterocycles. The second-order valence-electron chi connectivity index (χ2n) is 10.5. The first-order valence-corrected chi connectivity index (χ1v) is 12.8. The van der Waals surface area contributed by atoms with Crippen LogP contribution in [0.2, 0.25) is 0 Å². The van der Waals surface area contributed by atoms with E-state index < -0.39 is 23.2 Å². The topological polar surface area (TPSA) is 114 Å². The molecular formula is C27H30F2N6O4. The summed E-state index contributed by atoms with van der Waals surface area (Å²) >= 11 is 0. The second-order valence-corrected chi connectivity index (χ2v) is 10.5. The van der Waals surface area contributed by atoms with Crippen LogP contribution in [-0.2, 0) is 22.4 Å². The number of aromatic nitrogens is 3. The molecule has 1 aliphatic heterocycles. The van der Waals surface area contributed by atoms with Crippen molar-refractivity contribution in [3.05, 3.63) is 60.1 Å². The molecule has 2 aromatic heterocycles. The smallest absolute Gasteiger partial charge is 0.242 e. The van der Waals surface area contributed by atoms with Crippen LogP contribution in [-0.4, -0.2) is 67.8 Å². The molecule has 1 unspecified atom stereocenters. The molecule has 12 heteroatoms. The van der Waals surface area contributed by atoms with Gasteiger partial charge in [0.1, 0.15) is 11.6 Å². The molecule has 5 rings (SSSR count). The maximum atomic E-state index is 13.8. The average Bonchev–Trinajstić information content (AvgIpc) is 3.38.